The maximum Gasteiger partial charge on any atom is 0.145 e. The summed E-state index contributed by atoms with van der Waals surface area (Å²) in [6.07, 6.45) is 0. The number of para-hydroxylation sites is 4. The van der Waals surface area contributed by atoms with Gasteiger partial charge in [-0.1, -0.05) is 169 Å². The highest BCUT2D eigenvalue weighted by Gasteiger charge is 2.47. The van der Waals surface area contributed by atoms with Crippen molar-refractivity contribution in [3.8, 4) is 45.0 Å². The van der Waals surface area contributed by atoms with Gasteiger partial charge < -0.3 is 4.57 Å². The molecule has 0 saturated carbocycles. The van der Waals surface area contributed by atoms with E-state index in [0.29, 0.717) is 0 Å². The van der Waals surface area contributed by atoms with Gasteiger partial charge >= 0.3 is 0 Å². The van der Waals surface area contributed by atoms with E-state index in [1.165, 1.54) is 77.4 Å². The van der Waals surface area contributed by atoms with E-state index in [1.54, 1.807) is 0 Å². The first-order valence-corrected chi connectivity index (χ1v) is 21.1. The summed E-state index contributed by atoms with van der Waals surface area (Å²) < 4.78 is 4.78. The lowest BCUT2D eigenvalue weighted by Crippen LogP contribution is -2.28. The summed E-state index contributed by atoms with van der Waals surface area (Å²) in [5.41, 5.74) is 19.6. The summed E-state index contributed by atoms with van der Waals surface area (Å²) >= 11 is 0. The van der Waals surface area contributed by atoms with Gasteiger partial charge in [-0.15, -0.1) is 0 Å². The van der Waals surface area contributed by atoms with Crippen LogP contribution in [0.5, 0.6) is 0 Å². The minimum absolute atomic E-state index is 0.572. The molecule has 61 heavy (non-hydrogen) atoms. The molecule has 2 aromatic heterocycles. The molecule has 0 aliphatic heterocycles. The quantitative estimate of drug-likeness (QED) is 0.165. The SMILES string of the molecule is Cc1ccc(C2(c3ccc(C)cc3)c3ccc(-c4ccc5c(c4)c4ccccc4n5-c4ccccc4)cc3-c3c(-n4c(-c5ccccc5)nc5ccccc54)cccc32)cc1. The summed E-state index contributed by atoms with van der Waals surface area (Å²) in [7, 11) is 0. The maximum atomic E-state index is 5.32. The minimum Gasteiger partial charge on any atom is -0.309 e. The van der Waals surface area contributed by atoms with Gasteiger partial charge in [0.2, 0.25) is 0 Å². The van der Waals surface area contributed by atoms with Gasteiger partial charge in [0.15, 0.2) is 0 Å². The van der Waals surface area contributed by atoms with Crippen molar-refractivity contribution in [3.63, 3.8) is 0 Å². The van der Waals surface area contributed by atoms with Crippen molar-refractivity contribution in [1.82, 2.24) is 14.1 Å². The van der Waals surface area contributed by atoms with Crippen LogP contribution in [0.15, 0.2) is 212 Å². The molecule has 0 amide bonds. The lowest BCUT2D eigenvalue weighted by molar-refractivity contribution is 0.767. The van der Waals surface area contributed by atoms with Gasteiger partial charge in [0, 0.05) is 27.6 Å². The number of hydrogen-bond donors (Lipinski definition) is 0. The molecule has 0 spiro atoms. The van der Waals surface area contributed by atoms with Crippen molar-refractivity contribution in [2.75, 3.05) is 0 Å². The van der Waals surface area contributed by atoms with E-state index in [0.717, 1.165) is 33.8 Å². The van der Waals surface area contributed by atoms with Crippen molar-refractivity contribution < 1.29 is 0 Å². The fraction of sp³-hybridized carbons (Fsp3) is 0.0517. The first-order valence-electron chi connectivity index (χ1n) is 21.1. The summed E-state index contributed by atoms with van der Waals surface area (Å²) in [6, 6.07) is 78.1. The minimum atomic E-state index is -0.572. The third-order valence-electron chi connectivity index (χ3n) is 13.0. The van der Waals surface area contributed by atoms with Gasteiger partial charge in [-0.2, -0.15) is 0 Å². The van der Waals surface area contributed by atoms with Crippen LogP contribution in [0.3, 0.4) is 0 Å². The van der Waals surface area contributed by atoms with Gasteiger partial charge in [-0.05, 0) is 107 Å². The molecule has 0 saturated heterocycles. The summed E-state index contributed by atoms with van der Waals surface area (Å²) in [5, 5.41) is 2.49. The highest BCUT2D eigenvalue weighted by molar-refractivity contribution is 6.10. The molecule has 0 unspecified atom stereocenters. The average Bonchev–Trinajstić information content (AvgIpc) is 3.97. The Balaban J connectivity index is 1.17. The first kappa shape index (κ1) is 35.2. The number of hydrogen-bond acceptors (Lipinski definition) is 1. The zero-order valence-corrected chi connectivity index (χ0v) is 34.0. The lowest BCUT2D eigenvalue weighted by atomic mass is 9.67. The molecule has 2 heterocycles. The number of aromatic nitrogens is 3. The first-order chi connectivity index (χ1) is 30.1. The van der Waals surface area contributed by atoms with Gasteiger partial charge in [0.1, 0.15) is 5.82 Å². The van der Waals surface area contributed by atoms with Crippen LogP contribution in [-0.2, 0) is 5.41 Å². The Morgan fingerprint density at radius 3 is 1.75 bits per heavy atom. The summed E-state index contributed by atoms with van der Waals surface area (Å²) in [6.45, 7) is 4.35. The second kappa shape index (κ2) is 13.7. The van der Waals surface area contributed by atoms with E-state index in [1.807, 2.05) is 0 Å². The molecule has 3 nitrogen and oxygen atoms in total. The summed E-state index contributed by atoms with van der Waals surface area (Å²) in [4.78, 5) is 5.32. The molecule has 288 valence electrons. The standard InChI is InChI=1S/C58H41N3/c1-38-24-30-43(31-25-38)58(44-32-26-39(2)27-33-44)49-34-28-41(42-29-35-53-47(36-42)46-18-9-11-21-52(46)60(53)45-16-7-4-8-17-45)37-48(49)56-50(58)19-13-23-55(56)61-54-22-12-10-20-51(54)59-57(61)40-14-5-3-6-15-40/h3-37H,1-2H3. The largest absolute Gasteiger partial charge is 0.309 e. The van der Waals surface area contributed by atoms with Crippen molar-refractivity contribution in [2.45, 2.75) is 19.3 Å². The second-order valence-electron chi connectivity index (χ2n) is 16.5. The molecule has 12 rings (SSSR count). The molecule has 1 aliphatic rings. The molecular formula is C58H41N3. The number of fused-ring (bicyclic) bond motifs is 7. The summed E-state index contributed by atoms with van der Waals surface area (Å²) in [5.74, 6) is 0.927. The van der Waals surface area contributed by atoms with Crippen LogP contribution in [0.25, 0.3) is 77.9 Å². The molecule has 1 aliphatic carbocycles. The van der Waals surface area contributed by atoms with E-state index >= 15 is 0 Å². The van der Waals surface area contributed by atoms with Crippen molar-refractivity contribution in [2.24, 2.45) is 0 Å². The topological polar surface area (TPSA) is 22.8 Å². The molecule has 9 aromatic carbocycles. The Hall–Kier alpha value is -7.75. The zero-order valence-electron chi connectivity index (χ0n) is 34.0. The van der Waals surface area contributed by atoms with E-state index in [2.05, 4.69) is 235 Å². The third-order valence-corrected chi connectivity index (χ3v) is 13.0. The molecule has 0 bridgehead atoms. The fourth-order valence-corrected chi connectivity index (χ4v) is 10.2. The highest BCUT2D eigenvalue weighted by Crippen LogP contribution is 2.58. The smallest absolute Gasteiger partial charge is 0.145 e. The van der Waals surface area contributed by atoms with Crippen LogP contribution in [0.2, 0.25) is 0 Å². The predicted octanol–water partition coefficient (Wildman–Crippen LogP) is 14.4. The average molecular weight is 780 g/mol. The van der Waals surface area contributed by atoms with Crippen molar-refractivity contribution >= 4 is 32.8 Å². The van der Waals surface area contributed by atoms with Crippen LogP contribution < -0.4 is 0 Å². The van der Waals surface area contributed by atoms with E-state index in [4.69, 9.17) is 4.98 Å². The molecular weight excluding hydrogens is 739 g/mol. The lowest BCUT2D eigenvalue weighted by Gasteiger charge is -2.34. The number of nitrogens with zero attached hydrogens (tertiary/aromatic N) is 3. The van der Waals surface area contributed by atoms with Gasteiger partial charge in [0.05, 0.1) is 33.2 Å². The molecule has 0 atom stereocenters. The monoisotopic (exact) mass is 779 g/mol. The fourth-order valence-electron chi connectivity index (χ4n) is 10.2. The van der Waals surface area contributed by atoms with Crippen LogP contribution in [0.4, 0.5) is 0 Å². The Labute approximate surface area is 355 Å². The molecule has 3 heteroatoms. The van der Waals surface area contributed by atoms with Crippen molar-refractivity contribution in [1.29, 1.82) is 0 Å². The van der Waals surface area contributed by atoms with E-state index < -0.39 is 5.41 Å². The number of benzene rings is 9. The van der Waals surface area contributed by atoms with Crippen molar-refractivity contribution in [3.05, 3.63) is 246 Å². The molecule has 0 N–H and O–H groups in total. The number of rotatable bonds is 6. The normalized spacial score (nSPS) is 12.9. The van der Waals surface area contributed by atoms with Gasteiger partial charge in [-0.25, -0.2) is 4.98 Å². The van der Waals surface area contributed by atoms with Crippen LogP contribution in [-0.4, -0.2) is 14.1 Å². The predicted molar refractivity (Wildman–Crippen MR) is 253 cm³/mol. The number of aryl methyl sites for hydroxylation is 2. The maximum absolute atomic E-state index is 5.32. The van der Waals surface area contributed by atoms with Crippen LogP contribution in [0.1, 0.15) is 33.4 Å². The van der Waals surface area contributed by atoms with E-state index in [9.17, 15) is 0 Å². The Morgan fingerprint density at radius 2 is 1.02 bits per heavy atom. The highest BCUT2D eigenvalue weighted by atomic mass is 15.1. The zero-order chi connectivity index (χ0) is 40.7. The second-order valence-corrected chi connectivity index (χ2v) is 16.5. The van der Waals surface area contributed by atoms with Crippen LogP contribution >= 0.6 is 0 Å². The Bertz CT molecular complexity index is 3420. The Kier molecular flexibility index (Phi) is 7.88. The number of imidazole rings is 1. The van der Waals surface area contributed by atoms with Gasteiger partial charge in [-0.3, -0.25) is 4.57 Å². The molecule has 0 radical (unpaired) electrons. The third kappa shape index (κ3) is 5.27. The van der Waals surface area contributed by atoms with Crippen LogP contribution in [0, 0.1) is 13.8 Å². The Morgan fingerprint density at radius 1 is 0.410 bits per heavy atom. The van der Waals surface area contributed by atoms with E-state index in [-0.39, 0.29) is 0 Å². The molecule has 11 aromatic rings. The van der Waals surface area contributed by atoms with Gasteiger partial charge in [0.25, 0.3) is 0 Å². The molecule has 0 fully saturated rings.